The zero-order valence-electron chi connectivity index (χ0n) is 12.7. The molecule has 0 saturated carbocycles. The molecule has 1 aromatic heterocycles. The van der Waals surface area contributed by atoms with Crippen molar-refractivity contribution in [2.24, 2.45) is 5.92 Å². The number of halogens is 1. The molecule has 0 radical (unpaired) electrons. The van der Waals surface area contributed by atoms with Crippen LogP contribution in [0, 0.1) is 11.7 Å². The van der Waals surface area contributed by atoms with Gasteiger partial charge >= 0.3 is 0 Å². The first-order valence-electron chi connectivity index (χ1n) is 7.14. The highest BCUT2D eigenvalue weighted by Crippen LogP contribution is 2.24. The normalized spacial score (nSPS) is 12.1. The van der Waals surface area contributed by atoms with Crippen molar-refractivity contribution in [2.45, 2.75) is 20.8 Å². The van der Waals surface area contributed by atoms with Gasteiger partial charge in [-0.3, -0.25) is 0 Å². The van der Waals surface area contributed by atoms with Crippen LogP contribution in [0.4, 0.5) is 4.39 Å². The number of rotatable bonds is 6. The van der Waals surface area contributed by atoms with Crippen LogP contribution >= 0.6 is 11.3 Å². The maximum atomic E-state index is 12.9. The van der Waals surface area contributed by atoms with Crippen molar-refractivity contribution in [3.63, 3.8) is 0 Å². The molecule has 0 fully saturated rings. The average Bonchev–Trinajstić information content (AvgIpc) is 2.87. The van der Waals surface area contributed by atoms with E-state index < -0.39 is 0 Å². The summed E-state index contributed by atoms with van der Waals surface area (Å²) in [4.78, 5) is 4.59. The van der Waals surface area contributed by atoms with Crippen LogP contribution in [0.1, 0.15) is 26.5 Å². The summed E-state index contributed by atoms with van der Waals surface area (Å²) in [6.45, 7) is 8.39. The van der Waals surface area contributed by atoms with E-state index in [-0.39, 0.29) is 5.82 Å². The van der Waals surface area contributed by atoms with Gasteiger partial charge in [0, 0.05) is 17.5 Å². The topological polar surface area (TPSA) is 24.9 Å². The molecular weight excluding hydrogens is 283 g/mol. The highest BCUT2D eigenvalue weighted by molar-refractivity contribution is 7.13. The summed E-state index contributed by atoms with van der Waals surface area (Å²) in [6.07, 6.45) is 2.09. The van der Waals surface area contributed by atoms with Crippen LogP contribution in [0.3, 0.4) is 0 Å². The summed E-state index contributed by atoms with van der Waals surface area (Å²) in [5, 5.41) is 6.37. The number of benzene rings is 1. The fourth-order valence-corrected chi connectivity index (χ4v) is 2.72. The van der Waals surface area contributed by atoms with Crippen molar-refractivity contribution in [1.82, 2.24) is 10.3 Å². The number of hydrogen-bond donors (Lipinski definition) is 1. The Balaban J connectivity index is 2.00. The lowest BCUT2D eigenvalue weighted by atomic mass is 10.2. The van der Waals surface area contributed by atoms with E-state index in [4.69, 9.17) is 0 Å². The number of hydrogen-bond acceptors (Lipinski definition) is 3. The van der Waals surface area contributed by atoms with E-state index in [9.17, 15) is 4.39 Å². The molecule has 0 aliphatic rings. The number of nitrogens with one attached hydrogen (secondary N) is 1. The zero-order valence-corrected chi connectivity index (χ0v) is 13.5. The van der Waals surface area contributed by atoms with Crippen molar-refractivity contribution in [3.05, 3.63) is 46.7 Å². The Hall–Kier alpha value is -1.52. The summed E-state index contributed by atoms with van der Waals surface area (Å²) in [7, 11) is 0. The largest absolute Gasteiger partial charge is 0.313 e. The zero-order chi connectivity index (χ0) is 15.2. The lowest BCUT2D eigenvalue weighted by Crippen LogP contribution is -2.21. The van der Waals surface area contributed by atoms with Crippen LogP contribution in [0.2, 0.25) is 0 Å². The first-order valence-corrected chi connectivity index (χ1v) is 8.02. The van der Waals surface area contributed by atoms with Crippen LogP contribution in [-0.2, 0) is 0 Å². The average molecular weight is 304 g/mol. The molecule has 0 saturated heterocycles. The molecule has 1 N–H and O–H groups in total. The van der Waals surface area contributed by atoms with Crippen LogP contribution in [0.15, 0.2) is 35.2 Å². The van der Waals surface area contributed by atoms with Gasteiger partial charge < -0.3 is 5.32 Å². The first-order chi connectivity index (χ1) is 10.0. The van der Waals surface area contributed by atoms with Crippen LogP contribution in [0.5, 0.6) is 0 Å². The summed E-state index contributed by atoms with van der Waals surface area (Å²) in [6, 6.07) is 6.46. The van der Waals surface area contributed by atoms with Gasteiger partial charge in [-0.1, -0.05) is 19.4 Å². The Morgan fingerprint density at radius 3 is 2.71 bits per heavy atom. The molecule has 0 aliphatic carbocycles. The van der Waals surface area contributed by atoms with Crippen LogP contribution < -0.4 is 5.32 Å². The van der Waals surface area contributed by atoms with E-state index in [0.717, 1.165) is 29.4 Å². The molecule has 2 nitrogen and oxygen atoms in total. The fraction of sp³-hybridized carbons (Fsp3) is 0.353. The molecule has 1 aromatic carbocycles. The molecule has 0 spiro atoms. The molecule has 2 rings (SSSR count). The molecule has 21 heavy (non-hydrogen) atoms. The predicted octanol–water partition coefficient (Wildman–Crippen LogP) is 4.60. The Morgan fingerprint density at radius 2 is 2.05 bits per heavy atom. The number of nitrogens with zero attached hydrogens (tertiary/aromatic N) is 1. The minimum Gasteiger partial charge on any atom is -0.313 e. The van der Waals surface area contributed by atoms with E-state index in [0.29, 0.717) is 5.92 Å². The second-order valence-electron chi connectivity index (χ2n) is 5.60. The molecule has 4 heteroatoms. The second-order valence-corrected chi connectivity index (χ2v) is 6.46. The lowest BCUT2D eigenvalue weighted by Gasteiger charge is -2.06. The van der Waals surface area contributed by atoms with Gasteiger partial charge in [0.05, 0.1) is 5.69 Å². The van der Waals surface area contributed by atoms with E-state index >= 15 is 0 Å². The SMILES string of the molecule is CC(=Cc1csc(-c2ccc(F)cc2)n1)CNCC(C)C. The monoisotopic (exact) mass is 304 g/mol. The molecular formula is C17H21FN2S. The first kappa shape index (κ1) is 15.9. The third-order valence-corrected chi connectivity index (χ3v) is 3.87. The summed E-state index contributed by atoms with van der Waals surface area (Å²) in [5.74, 6) is 0.435. The quantitative estimate of drug-likeness (QED) is 0.843. The van der Waals surface area contributed by atoms with Crippen molar-refractivity contribution < 1.29 is 4.39 Å². The Kier molecular flexibility index (Phi) is 5.65. The van der Waals surface area contributed by atoms with Gasteiger partial charge in [-0.15, -0.1) is 11.3 Å². The van der Waals surface area contributed by atoms with Crippen LogP contribution in [-0.4, -0.2) is 18.1 Å². The maximum Gasteiger partial charge on any atom is 0.124 e. The molecule has 0 bridgehead atoms. The van der Waals surface area contributed by atoms with Crippen molar-refractivity contribution in [3.8, 4) is 10.6 Å². The Morgan fingerprint density at radius 1 is 1.33 bits per heavy atom. The highest BCUT2D eigenvalue weighted by atomic mass is 32.1. The van der Waals surface area contributed by atoms with E-state index in [1.165, 1.54) is 17.7 Å². The summed E-state index contributed by atoms with van der Waals surface area (Å²) in [5.41, 5.74) is 3.17. The highest BCUT2D eigenvalue weighted by Gasteiger charge is 2.04. The van der Waals surface area contributed by atoms with Gasteiger partial charge in [0.25, 0.3) is 0 Å². The van der Waals surface area contributed by atoms with Gasteiger partial charge in [0.1, 0.15) is 10.8 Å². The van der Waals surface area contributed by atoms with E-state index in [2.05, 4.69) is 37.1 Å². The molecule has 0 aliphatic heterocycles. The minimum atomic E-state index is -0.220. The minimum absolute atomic E-state index is 0.220. The Labute approximate surface area is 129 Å². The molecule has 1 heterocycles. The van der Waals surface area contributed by atoms with E-state index in [1.54, 1.807) is 23.5 Å². The maximum absolute atomic E-state index is 12.9. The van der Waals surface area contributed by atoms with Crippen molar-refractivity contribution in [1.29, 1.82) is 0 Å². The molecule has 112 valence electrons. The molecule has 0 atom stereocenters. The van der Waals surface area contributed by atoms with Crippen LogP contribution in [0.25, 0.3) is 16.6 Å². The number of thiazole rings is 1. The second kappa shape index (κ2) is 7.48. The molecule has 0 unspecified atom stereocenters. The molecule has 0 amide bonds. The van der Waals surface area contributed by atoms with Gasteiger partial charge in [0.2, 0.25) is 0 Å². The van der Waals surface area contributed by atoms with Gasteiger partial charge in [-0.2, -0.15) is 0 Å². The third kappa shape index (κ3) is 5.06. The lowest BCUT2D eigenvalue weighted by molar-refractivity contribution is 0.572. The third-order valence-electron chi connectivity index (χ3n) is 2.96. The fourth-order valence-electron chi connectivity index (χ4n) is 1.94. The number of aromatic nitrogens is 1. The van der Waals surface area contributed by atoms with Gasteiger partial charge in [-0.05, 0) is 49.7 Å². The Bertz CT molecular complexity index is 600. The summed E-state index contributed by atoms with van der Waals surface area (Å²) >= 11 is 1.58. The van der Waals surface area contributed by atoms with Gasteiger partial charge in [-0.25, -0.2) is 9.37 Å². The molecule has 2 aromatic rings. The van der Waals surface area contributed by atoms with Crippen molar-refractivity contribution in [2.75, 3.05) is 13.1 Å². The van der Waals surface area contributed by atoms with Gasteiger partial charge in [0.15, 0.2) is 0 Å². The standard InChI is InChI=1S/C17H21FN2S/c1-12(2)9-19-10-13(3)8-16-11-21-17(20-16)14-4-6-15(18)7-5-14/h4-8,11-12,19H,9-10H2,1-3H3. The summed E-state index contributed by atoms with van der Waals surface area (Å²) < 4.78 is 12.9. The smallest absolute Gasteiger partial charge is 0.124 e. The predicted molar refractivity (Wildman–Crippen MR) is 88.9 cm³/mol. The van der Waals surface area contributed by atoms with E-state index in [1.807, 2.05) is 5.38 Å². The van der Waals surface area contributed by atoms with Crippen molar-refractivity contribution >= 4 is 17.4 Å².